The lowest BCUT2D eigenvalue weighted by Gasteiger charge is -2.12. The minimum Gasteiger partial charge on any atom is -0.493 e. The Morgan fingerprint density at radius 1 is 1.35 bits per heavy atom. The molecule has 1 rings (SSSR count). The van der Waals surface area contributed by atoms with Crippen LogP contribution in [0.3, 0.4) is 0 Å². The highest BCUT2D eigenvalue weighted by Crippen LogP contribution is 2.34. The average molecular weight is 324 g/mol. The number of nitro groups is 1. The fraction of sp³-hybridized carbons (Fsp3) is 0.562. The van der Waals surface area contributed by atoms with Crippen LogP contribution in [-0.4, -0.2) is 31.1 Å². The van der Waals surface area contributed by atoms with Crippen molar-refractivity contribution in [3.05, 3.63) is 27.8 Å². The summed E-state index contributed by atoms with van der Waals surface area (Å²) >= 11 is 0. The lowest BCUT2D eigenvalue weighted by atomic mass is 10.1. The Bertz CT molecular complexity index is 558. The molecule has 0 unspecified atom stereocenters. The second-order valence-electron chi connectivity index (χ2n) is 5.50. The minimum absolute atomic E-state index is 0.0279. The molecule has 0 aliphatic carbocycles. The van der Waals surface area contributed by atoms with Gasteiger partial charge in [0.2, 0.25) is 0 Å². The van der Waals surface area contributed by atoms with Gasteiger partial charge < -0.3 is 14.8 Å². The minimum atomic E-state index is -0.592. The monoisotopic (exact) mass is 324 g/mol. The number of nitro benzene ring substituents is 1. The highest BCUT2D eigenvalue weighted by Gasteiger charge is 2.24. The normalized spacial score (nSPS) is 10.5. The van der Waals surface area contributed by atoms with E-state index in [0.29, 0.717) is 24.8 Å². The second kappa shape index (κ2) is 8.97. The molecule has 0 heterocycles. The molecule has 1 amide bonds. The smallest absolute Gasteiger partial charge is 0.286 e. The van der Waals surface area contributed by atoms with Crippen LogP contribution in [0, 0.1) is 16.0 Å². The molecule has 0 atom stereocenters. The van der Waals surface area contributed by atoms with Crippen molar-refractivity contribution in [3.8, 4) is 11.5 Å². The lowest BCUT2D eigenvalue weighted by molar-refractivity contribution is -0.385. The van der Waals surface area contributed by atoms with Gasteiger partial charge in [0.1, 0.15) is 5.56 Å². The van der Waals surface area contributed by atoms with Gasteiger partial charge in [-0.25, -0.2) is 0 Å². The van der Waals surface area contributed by atoms with Crippen LogP contribution in [-0.2, 0) is 0 Å². The Hall–Kier alpha value is -2.31. The Labute approximate surface area is 136 Å². The zero-order valence-electron chi connectivity index (χ0n) is 14.0. The van der Waals surface area contributed by atoms with Crippen LogP contribution in [0.15, 0.2) is 12.1 Å². The van der Waals surface area contributed by atoms with Crippen molar-refractivity contribution in [2.24, 2.45) is 5.92 Å². The Morgan fingerprint density at radius 2 is 2.04 bits per heavy atom. The van der Waals surface area contributed by atoms with E-state index < -0.39 is 10.8 Å². The first-order valence-corrected chi connectivity index (χ1v) is 7.68. The lowest BCUT2D eigenvalue weighted by Crippen LogP contribution is -2.25. The van der Waals surface area contributed by atoms with Crippen molar-refractivity contribution in [3.63, 3.8) is 0 Å². The van der Waals surface area contributed by atoms with Gasteiger partial charge in [-0.15, -0.1) is 0 Å². The van der Waals surface area contributed by atoms with Gasteiger partial charge >= 0.3 is 0 Å². The molecule has 0 bridgehead atoms. The Morgan fingerprint density at radius 3 is 2.57 bits per heavy atom. The number of hydrogen-bond acceptors (Lipinski definition) is 5. The second-order valence-corrected chi connectivity index (χ2v) is 5.50. The van der Waals surface area contributed by atoms with Crippen molar-refractivity contribution in [2.75, 3.05) is 20.3 Å². The number of nitrogens with zero attached hydrogens (tertiary/aromatic N) is 1. The number of rotatable bonds is 9. The molecule has 7 heteroatoms. The summed E-state index contributed by atoms with van der Waals surface area (Å²) in [6, 6.07) is 2.58. The zero-order valence-corrected chi connectivity index (χ0v) is 14.0. The van der Waals surface area contributed by atoms with Gasteiger partial charge in [-0.2, -0.15) is 0 Å². The maximum Gasteiger partial charge on any atom is 0.286 e. The van der Waals surface area contributed by atoms with Crippen molar-refractivity contribution in [1.29, 1.82) is 0 Å². The highest BCUT2D eigenvalue weighted by molar-refractivity contribution is 5.99. The number of amides is 1. The number of carbonyl (C=O) groups excluding carboxylic acids is 1. The first-order chi connectivity index (χ1) is 10.9. The summed E-state index contributed by atoms with van der Waals surface area (Å²) in [5, 5.41) is 13.9. The topological polar surface area (TPSA) is 90.7 Å². The van der Waals surface area contributed by atoms with Crippen LogP contribution >= 0.6 is 0 Å². The third-order valence-corrected chi connectivity index (χ3v) is 3.27. The Balaban J connectivity index is 2.98. The molecule has 7 nitrogen and oxygen atoms in total. The van der Waals surface area contributed by atoms with E-state index >= 15 is 0 Å². The molecule has 0 aromatic heterocycles. The number of hydrogen-bond donors (Lipinski definition) is 1. The molecule has 0 saturated heterocycles. The quantitative estimate of drug-likeness (QED) is 0.428. The fourth-order valence-corrected chi connectivity index (χ4v) is 2.12. The maximum absolute atomic E-state index is 12.2. The number of benzene rings is 1. The molecule has 0 spiro atoms. The number of ether oxygens (including phenoxy) is 2. The van der Waals surface area contributed by atoms with Crippen LogP contribution in [0.1, 0.15) is 44.0 Å². The van der Waals surface area contributed by atoms with E-state index in [1.54, 1.807) is 6.92 Å². The SMILES string of the molecule is CCOc1cc([N+](=O)[O-])c(C(=O)NCCCC(C)C)cc1OC. The van der Waals surface area contributed by atoms with Crippen LogP contribution in [0.4, 0.5) is 5.69 Å². The van der Waals surface area contributed by atoms with Gasteiger partial charge in [0.15, 0.2) is 11.5 Å². The molecule has 1 N–H and O–H groups in total. The predicted molar refractivity (Wildman–Crippen MR) is 87.2 cm³/mol. The van der Waals surface area contributed by atoms with Gasteiger partial charge in [-0.3, -0.25) is 14.9 Å². The van der Waals surface area contributed by atoms with Gasteiger partial charge in [0, 0.05) is 12.6 Å². The number of methoxy groups -OCH3 is 1. The summed E-state index contributed by atoms with van der Waals surface area (Å²) < 4.78 is 10.5. The third-order valence-electron chi connectivity index (χ3n) is 3.27. The van der Waals surface area contributed by atoms with Crippen molar-refractivity contribution in [2.45, 2.75) is 33.6 Å². The maximum atomic E-state index is 12.2. The molecular formula is C16H24N2O5. The van der Waals surface area contributed by atoms with Crippen LogP contribution in [0.5, 0.6) is 11.5 Å². The van der Waals surface area contributed by atoms with Crippen molar-refractivity contribution in [1.82, 2.24) is 5.32 Å². The summed E-state index contributed by atoms with van der Waals surface area (Å²) in [5.41, 5.74) is -0.324. The van der Waals surface area contributed by atoms with Crippen molar-refractivity contribution >= 4 is 11.6 Å². The van der Waals surface area contributed by atoms with Gasteiger partial charge in [0.25, 0.3) is 11.6 Å². The molecule has 0 radical (unpaired) electrons. The molecular weight excluding hydrogens is 300 g/mol. The summed E-state index contributed by atoms with van der Waals surface area (Å²) in [5.74, 6) is 0.608. The van der Waals surface area contributed by atoms with Crippen LogP contribution < -0.4 is 14.8 Å². The molecule has 0 aliphatic rings. The van der Waals surface area contributed by atoms with E-state index in [1.165, 1.54) is 19.2 Å². The molecule has 0 fully saturated rings. The van der Waals surface area contributed by atoms with E-state index in [4.69, 9.17) is 9.47 Å². The zero-order chi connectivity index (χ0) is 17.4. The van der Waals surface area contributed by atoms with Gasteiger partial charge in [-0.1, -0.05) is 13.8 Å². The molecule has 1 aromatic rings. The summed E-state index contributed by atoms with van der Waals surface area (Å²) in [6.07, 6.45) is 1.81. The molecule has 128 valence electrons. The van der Waals surface area contributed by atoms with Crippen LogP contribution in [0.2, 0.25) is 0 Å². The summed E-state index contributed by atoms with van der Waals surface area (Å²) in [6.45, 7) is 6.78. The largest absolute Gasteiger partial charge is 0.493 e. The van der Waals surface area contributed by atoms with Gasteiger partial charge in [-0.05, 0) is 25.7 Å². The van der Waals surface area contributed by atoms with Crippen molar-refractivity contribution < 1.29 is 19.2 Å². The van der Waals surface area contributed by atoms with E-state index in [2.05, 4.69) is 19.2 Å². The molecule has 0 aliphatic heterocycles. The Kier molecular flexibility index (Phi) is 7.31. The molecule has 23 heavy (non-hydrogen) atoms. The van der Waals surface area contributed by atoms with E-state index in [0.717, 1.165) is 12.8 Å². The van der Waals surface area contributed by atoms with E-state index in [-0.39, 0.29) is 17.0 Å². The molecule has 1 aromatic carbocycles. The fourth-order valence-electron chi connectivity index (χ4n) is 2.12. The molecule has 0 saturated carbocycles. The standard InChI is InChI=1S/C16H24N2O5/c1-5-23-15-10-13(18(20)21)12(9-14(15)22-4)16(19)17-8-6-7-11(2)3/h9-11H,5-8H2,1-4H3,(H,17,19). The van der Waals surface area contributed by atoms with E-state index in [1.807, 2.05) is 0 Å². The number of nitrogens with one attached hydrogen (secondary N) is 1. The first kappa shape index (κ1) is 18.7. The van der Waals surface area contributed by atoms with E-state index in [9.17, 15) is 14.9 Å². The van der Waals surface area contributed by atoms with Gasteiger partial charge in [0.05, 0.1) is 24.7 Å². The average Bonchev–Trinajstić information content (AvgIpc) is 2.50. The highest BCUT2D eigenvalue weighted by atomic mass is 16.6. The number of carbonyl (C=O) groups is 1. The summed E-state index contributed by atoms with van der Waals surface area (Å²) in [7, 11) is 1.42. The first-order valence-electron chi connectivity index (χ1n) is 7.68. The predicted octanol–water partition coefficient (Wildman–Crippen LogP) is 3.17. The van der Waals surface area contributed by atoms with Crippen LogP contribution in [0.25, 0.3) is 0 Å². The summed E-state index contributed by atoms with van der Waals surface area (Å²) in [4.78, 5) is 22.9. The third kappa shape index (κ3) is 5.43.